The van der Waals surface area contributed by atoms with E-state index in [9.17, 15) is 0 Å². The maximum Gasteiger partial charge on any atom is 0.160 e. The van der Waals surface area contributed by atoms with Gasteiger partial charge in [0.15, 0.2) is 5.65 Å². The molecule has 0 bridgehead atoms. The fourth-order valence-corrected chi connectivity index (χ4v) is 3.68. The normalized spacial score (nSPS) is 23.8. The molecular weight excluding hydrogens is 288 g/mol. The third-order valence-electron chi connectivity index (χ3n) is 5.14. The number of likely N-dealkylation sites (N-methyl/N-ethyl adjacent to an activating group) is 1. The van der Waals surface area contributed by atoms with Crippen LogP contribution in [0.25, 0.3) is 11.2 Å². The Balaban J connectivity index is 1.55. The van der Waals surface area contributed by atoms with Crippen LogP contribution < -0.4 is 5.32 Å². The topological polar surface area (TPSA) is 49.2 Å². The third kappa shape index (κ3) is 3.11. The van der Waals surface area contributed by atoms with Gasteiger partial charge in [0.25, 0.3) is 0 Å². The lowest BCUT2D eigenvalue weighted by atomic mass is 10.2. The maximum atomic E-state index is 4.88. The van der Waals surface area contributed by atoms with E-state index in [4.69, 9.17) is 4.98 Å². The predicted octanol–water partition coefficient (Wildman–Crippen LogP) is 1.10. The molecule has 2 aliphatic rings. The van der Waals surface area contributed by atoms with Crippen molar-refractivity contribution in [1.82, 2.24) is 29.7 Å². The van der Waals surface area contributed by atoms with Crippen LogP contribution in [-0.4, -0.2) is 70.7 Å². The highest BCUT2D eigenvalue weighted by atomic mass is 15.3. The van der Waals surface area contributed by atoms with Crippen molar-refractivity contribution in [3.63, 3.8) is 0 Å². The zero-order chi connectivity index (χ0) is 15.6. The Labute approximate surface area is 137 Å². The molecule has 2 aromatic heterocycles. The minimum atomic E-state index is 0.386. The smallest absolute Gasteiger partial charge is 0.160 e. The van der Waals surface area contributed by atoms with Crippen LogP contribution in [0.5, 0.6) is 0 Å². The third-order valence-corrected chi connectivity index (χ3v) is 5.14. The summed E-state index contributed by atoms with van der Waals surface area (Å²) in [6, 6.07) is 4.44. The summed E-state index contributed by atoms with van der Waals surface area (Å²) in [5.74, 6) is 1.17. The van der Waals surface area contributed by atoms with Gasteiger partial charge in [0.2, 0.25) is 0 Å². The van der Waals surface area contributed by atoms with E-state index >= 15 is 0 Å². The second-order valence-electron chi connectivity index (χ2n) is 6.76. The van der Waals surface area contributed by atoms with Gasteiger partial charge in [0, 0.05) is 45.5 Å². The van der Waals surface area contributed by atoms with Crippen molar-refractivity contribution in [2.75, 3.05) is 46.3 Å². The van der Waals surface area contributed by atoms with Crippen LogP contribution in [0.3, 0.4) is 0 Å². The standard InChI is InChI=1S/C17H26N6/c1-21-8-10-22(11-9-21)12-13-23-16-15(5-3-7-19-16)20-17(23)14-4-2-6-18-14/h3,5,7,14,18H,2,4,6,8-13H2,1H3. The number of nitrogens with zero attached hydrogens (tertiary/aromatic N) is 5. The largest absolute Gasteiger partial charge is 0.310 e. The molecule has 2 saturated heterocycles. The first kappa shape index (κ1) is 15.1. The number of rotatable bonds is 4. The summed E-state index contributed by atoms with van der Waals surface area (Å²) < 4.78 is 2.34. The number of imidazole rings is 1. The Kier molecular flexibility index (Phi) is 4.29. The molecule has 4 rings (SSSR count). The minimum Gasteiger partial charge on any atom is -0.310 e. The summed E-state index contributed by atoms with van der Waals surface area (Å²) in [4.78, 5) is 14.4. The fraction of sp³-hybridized carbons (Fsp3) is 0.647. The first-order valence-corrected chi connectivity index (χ1v) is 8.77. The van der Waals surface area contributed by atoms with Gasteiger partial charge in [-0.25, -0.2) is 9.97 Å². The zero-order valence-corrected chi connectivity index (χ0v) is 13.9. The second-order valence-corrected chi connectivity index (χ2v) is 6.76. The average Bonchev–Trinajstić information content (AvgIpc) is 3.22. The van der Waals surface area contributed by atoms with Gasteiger partial charge in [-0.05, 0) is 38.6 Å². The molecule has 23 heavy (non-hydrogen) atoms. The monoisotopic (exact) mass is 314 g/mol. The number of hydrogen-bond acceptors (Lipinski definition) is 5. The van der Waals surface area contributed by atoms with Gasteiger partial charge < -0.3 is 14.8 Å². The molecule has 2 aliphatic heterocycles. The molecule has 2 aromatic rings. The van der Waals surface area contributed by atoms with Gasteiger partial charge in [-0.1, -0.05) is 0 Å². The second kappa shape index (κ2) is 6.55. The van der Waals surface area contributed by atoms with Gasteiger partial charge in [0.1, 0.15) is 11.3 Å². The molecule has 0 amide bonds. The van der Waals surface area contributed by atoms with Crippen LogP contribution in [0.15, 0.2) is 18.3 Å². The summed E-state index contributed by atoms with van der Waals surface area (Å²) in [6.07, 6.45) is 4.29. The summed E-state index contributed by atoms with van der Waals surface area (Å²) in [6.45, 7) is 7.81. The molecule has 6 heteroatoms. The van der Waals surface area contributed by atoms with Crippen LogP contribution in [0.2, 0.25) is 0 Å². The predicted molar refractivity (Wildman–Crippen MR) is 91.4 cm³/mol. The Morgan fingerprint density at radius 2 is 2.09 bits per heavy atom. The Morgan fingerprint density at radius 3 is 2.87 bits per heavy atom. The van der Waals surface area contributed by atoms with Crippen LogP contribution >= 0.6 is 0 Å². The molecule has 0 saturated carbocycles. The Hall–Kier alpha value is -1.50. The van der Waals surface area contributed by atoms with Crippen molar-refractivity contribution in [1.29, 1.82) is 0 Å². The van der Waals surface area contributed by atoms with Gasteiger partial charge in [0.05, 0.1) is 6.04 Å². The molecule has 0 spiro atoms. The van der Waals surface area contributed by atoms with E-state index in [1.165, 1.54) is 31.8 Å². The van der Waals surface area contributed by atoms with Crippen molar-refractivity contribution in [3.8, 4) is 0 Å². The van der Waals surface area contributed by atoms with E-state index in [1.54, 1.807) is 0 Å². The average molecular weight is 314 g/mol. The summed E-state index contributed by atoms with van der Waals surface area (Å²) >= 11 is 0. The van der Waals surface area contributed by atoms with E-state index in [0.717, 1.165) is 43.9 Å². The Morgan fingerprint density at radius 1 is 1.22 bits per heavy atom. The first-order valence-electron chi connectivity index (χ1n) is 8.77. The SMILES string of the molecule is CN1CCN(CCn2c(C3CCCN3)nc3cccnc32)CC1. The number of hydrogen-bond donors (Lipinski definition) is 1. The fourth-order valence-electron chi connectivity index (χ4n) is 3.68. The number of aromatic nitrogens is 3. The van der Waals surface area contributed by atoms with E-state index in [2.05, 4.69) is 37.8 Å². The quantitative estimate of drug-likeness (QED) is 0.916. The van der Waals surface area contributed by atoms with Gasteiger partial charge in [-0.15, -0.1) is 0 Å². The van der Waals surface area contributed by atoms with Gasteiger partial charge >= 0.3 is 0 Å². The van der Waals surface area contributed by atoms with Crippen molar-refractivity contribution >= 4 is 11.2 Å². The summed E-state index contributed by atoms with van der Waals surface area (Å²) in [7, 11) is 2.20. The van der Waals surface area contributed by atoms with Crippen molar-refractivity contribution in [3.05, 3.63) is 24.2 Å². The highest BCUT2D eigenvalue weighted by Gasteiger charge is 2.24. The highest BCUT2D eigenvalue weighted by Crippen LogP contribution is 2.25. The molecule has 6 nitrogen and oxygen atoms in total. The molecular formula is C17H26N6. The van der Waals surface area contributed by atoms with Crippen LogP contribution in [-0.2, 0) is 6.54 Å². The molecule has 0 aliphatic carbocycles. The number of pyridine rings is 1. The summed E-state index contributed by atoms with van der Waals surface area (Å²) in [5.41, 5.74) is 2.06. The van der Waals surface area contributed by atoms with Crippen molar-refractivity contribution < 1.29 is 0 Å². The summed E-state index contributed by atoms with van der Waals surface area (Å²) in [5, 5.41) is 3.59. The van der Waals surface area contributed by atoms with E-state index in [1.807, 2.05) is 12.3 Å². The minimum absolute atomic E-state index is 0.386. The molecule has 1 unspecified atom stereocenters. The molecule has 4 heterocycles. The number of nitrogens with one attached hydrogen (secondary N) is 1. The number of fused-ring (bicyclic) bond motifs is 1. The molecule has 0 aromatic carbocycles. The molecule has 0 radical (unpaired) electrons. The van der Waals surface area contributed by atoms with Crippen LogP contribution in [0.1, 0.15) is 24.7 Å². The Bertz CT molecular complexity index is 652. The van der Waals surface area contributed by atoms with Crippen LogP contribution in [0.4, 0.5) is 0 Å². The van der Waals surface area contributed by atoms with Crippen LogP contribution in [0, 0.1) is 0 Å². The highest BCUT2D eigenvalue weighted by molar-refractivity contribution is 5.71. The first-order chi connectivity index (χ1) is 11.3. The molecule has 2 fully saturated rings. The van der Waals surface area contributed by atoms with Crippen molar-refractivity contribution in [2.24, 2.45) is 0 Å². The lowest BCUT2D eigenvalue weighted by molar-refractivity contribution is 0.150. The molecule has 124 valence electrons. The number of piperazine rings is 1. The lowest BCUT2D eigenvalue weighted by Gasteiger charge is -2.32. The van der Waals surface area contributed by atoms with E-state index in [-0.39, 0.29) is 0 Å². The molecule has 1 N–H and O–H groups in total. The lowest BCUT2D eigenvalue weighted by Crippen LogP contribution is -2.45. The molecule has 1 atom stereocenters. The van der Waals surface area contributed by atoms with Gasteiger partial charge in [-0.3, -0.25) is 4.90 Å². The zero-order valence-electron chi connectivity index (χ0n) is 13.9. The van der Waals surface area contributed by atoms with E-state index in [0.29, 0.717) is 6.04 Å². The van der Waals surface area contributed by atoms with E-state index < -0.39 is 0 Å². The van der Waals surface area contributed by atoms with Crippen molar-refractivity contribution in [2.45, 2.75) is 25.4 Å². The maximum absolute atomic E-state index is 4.88. The van der Waals surface area contributed by atoms with Gasteiger partial charge in [-0.2, -0.15) is 0 Å².